The zero-order valence-electron chi connectivity index (χ0n) is 15.4. The van der Waals surface area contributed by atoms with Gasteiger partial charge in [0.15, 0.2) is 0 Å². The Morgan fingerprint density at radius 1 is 1.14 bits per heavy atom. The fourth-order valence-corrected chi connectivity index (χ4v) is 3.34. The van der Waals surface area contributed by atoms with Gasteiger partial charge in [-0.3, -0.25) is 4.79 Å². The number of nitrogens with zero attached hydrogens (tertiary/aromatic N) is 2. The van der Waals surface area contributed by atoms with Crippen LogP contribution in [0.5, 0.6) is 0 Å². The monoisotopic (exact) mass is 387 g/mol. The van der Waals surface area contributed by atoms with E-state index in [0.717, 1.165) is 17.3 Å². The van der Waals surface area contributed by atoms with Crippen LogP contribution in [-0.2, 0) is 11.0 Å². The molecule has 0 atom stereocenters. The van der Waals surface area contributed by atoms with Gasteiger partial charge in [-0.25, -0.2) is 0 Å². The lowest BCUT2D eigenvalue weighted by Gasteiger charge is -2.33. The van der Waals surface area contributed by atoms with Crippen molar-refractivity contribution in [3.63, 3.8) is 0 Å². The highest BCUT2D eigenvalue weighted by Crippen LogP contribution is 2.35. The zero-order valence-corrected chi connectivity index (χ0v) is 15.4. The lowest BCUT2D eigenvalue weighted by atomic mass is 9.95. The number of nitrogens with one attached hydrogen (secondary N) is 1. The predicted molar refractivity (Wildman–Crippen MR) is 101 cm³/mol. The van der Waals surface area contributed by atoms with E-state index in [9.17, 15) is 18.0 Å². The first-order valence-electron chi connectivity index (χ1n) is 9.02. The molecule has 0 unspecified atom stereocenters. The predicted octanol–water partition coefficient (Wildman–Crippen LogP) is 4.74. The quantitative estimate of drug-likeness (QED) is 0.828. The van der Waals surface area contributed by atoms with Crippen molar-refractivity contribution in [1.82, 2.24) is 0 Å². The molecule has 146 valence electrons. The highest BCUT2D eigenvalue weighted by molar-refractivity contribution is 5.92. The van der Waals surface area contributed by atoms with Gasteiger partial charge in [0, 0.05) is 30.4 Å². The van der Waals surface area contributed by atoms with Crippen molar-refractivity contribution in [3.8, 4) is 6.07 Å². The van der Waals surface area contributed by atoms with Gasteiger partial charge in [-0.05, 0) is 50.1 Å². The van der Waals surface area contributed by atoms with Crippen molar-refractivity contribution in [3.05, 3.63) is 59.2 Å². The second kappa shape index (κ2) is 7.93. The number of hydrogen-bond donors (Lipinski definition) is 1. The smallest absolute Gasteiger partial charge is 0.371 e. The molecule has 1 aliphatic rings. The molecule has 7 heteroatoms. The van der Waals surface area contributed by atoms with Crippen LogP contribution >= 0.6 is 0 Å². The second-order valence-corrected chi connectivity index (χ2v) is 6.96. The number of carbonyl (C=O) groups excluding carboxylic acids is 1. The summed E-state index contributed by atoms with van der Waals surface area (Å²) in [5.74, 6) is -0.252. The summed E-state index contributed by atoms with van der Waals surface area (Å²) in [6, 6.07) is 12.9. The maximum atomic E-state index is 13.2. The summed E-state index contributed by atoms with van der Waals surface area (Å²) in [6.45, 7) is 2.93. The molecule has 1 aliphatic heterocycles. The van der Waals surface area contributed by atoms with Gasteiger partial charge >= 0.3 is 6.18 Å². The van der Waals surface area contributed by atoms with Crippen molar-refractivity contribution < 1.29 is 18.0 Å². The van der Waals surface area contributed by atoms with Crippen LogP contribution < -0.4 is 10.2 Å². The Balaban J connectivity index is 1.64. The van der Waals surface area contributed by atoms with Crippen LogP contribution in [0.4, 0.5) is 24.5 Å². The molecule has 1 amide bonds. The Bertz CT molecular complexity index is 893. The molecule has 2 aromatic rings. The summed E-state index contributed by atoms with van der Waals surface area (Å²) in [5.41, 5.74) is 0.950. The lowest BCUT2D eigenvalue weighted by Crippen LogP contribution is -2.38. The number of anilines is 2. The summed E-state index contributed by atoms with van der Waals surface area (Å²) in [5, 5.41) is 11.8. The molecule has 0 aliphatic carbocycles. The minimum Gasteiger partial charge on any atom is -0.371 e. The Kier molecular flexibility index (Phi) is 5.59. The Hall–Kier alpha value is -3.01. The lowest BCUT2D eigenvalue weighted by molar-refractivity contribution is -0.137. The molecule has 0 saturated carbocycles. The summed E-state index contributed by atoms with van der Waals surface area (Å²) in [4.78, 5) is 14.3. The SMILES string of the molecule is Cc1ccc(NC(=O)C2CCN(c3ccc(C#N)c(C(F)(F)F)c3)CC2)cc1. The number of aryl methyl sites for hydroxylation is 1. The molecule has 0 spiro atoms. The molecule has 0 aromatic heterocycles. The molecule has 3 rings (SSSR count). The fraction of sp³-hybridized carbons (Fsp3) is 0.333. The van der Waals surface area contributed by atoms with Gasteiger partial charge in [0.25, 0.3) is 0 Å². The van der Waals surface area contributed by atoms with Gasteiger partial charge in [-0.1, -0.05) is 17.7 Å². The maximum Gasteiger partial charge on any atom is 0.417 e. The third-order valence-corrected chi connectivity index (χ3v) is 4.98. The average Bonchev–Trinajstić information content (AvgIpc) is 2.68. The van der Waals surface area contributed by atoms with E-state index in [1.807, 2.05) is 36.1 Å². The number of amides is 1. The first-order valence-corrected chi connectivity index (χ1v) is 9.02. The number of carbonyl (C=O) groups is 1. The van der Waals surface area contributed by atoms with Crippen LogP contribution in [0.3, 0.4) is 0 Å². The van der Waals surface area contributed by atoms with Crippen LogP contribution in [0.25, 0.3) is 0 Å². The van der Waals surface area contributed by atoms with Gasteiger partial charge in [0.2, 0.25) is 5.91 Å². The number of nitriles is 1. The van der Waals surface area contributed by atoms with Crippen molar-refractivity contribution >= 4 is 17.3 Å². The van der Waals surface area contributed by atoms with Crippen molar-refractivity contribution in [2.45, 2.75) is 25.9 Å². The minimum absolute atomic E-state index is 0.0701. The van der Waals surface area contributed by atoms with Gasteiger partial charge in [0.05, 0.1) is 17.2 Å². The molecule has 2 aromatic carbocycles. The van der Waals surface area contributed by atoms with Crippen molar-refractivity contribution in [1.29, 1.82) is 5.26 Å². The molecule has 0 radical (unpaired) electrons. The number of benzene rings is 2. The molecule has 28 heavy (non-hydrogen) atoms. The van der Waals surface area contributed by atoms with Crippen molar-refractivity contribution in [2.24, 2.45) is 5.92 Å². The highest BCUT2D eigenvalue weighted by Gasteiger charge is 2.34. The number of halogens is 3. The summed E-state index contributed by atoms with van der Waals surface area (Å²) < 4.78 is 39.5. The highest BCUT2D eigenvalue weighted by atomic mass is 19.4. The first kappa shape index (κ1) is 19.7. The van der Waals surface area contributed by atoms with Crippen molar-refractivity contribution in [2.75, 3.05) is 23.3 Å². The van der Waals surface area contributed by atoms with Gasteiger partial charge < -0.3 is 10.2 Å². The van der Waals surface area contributed by atoms with E-state index in [1.165, 1.54) is 12.1 Å². The number of piperidine rings is 1. The largest absolute Gasteiger partial charge is 0.417 e. The third kappa shape index (κ3) is 4.45. The summed E-state index contributed by atoms with van der Waals surface area (Å²) >= 11 is 0. The Morgan fingerprint density at radius 3 is 2.36 bits per heavy atom. The molecule has 1 N–H and O–H groups in total. The van der Waals surface area contributed by atoms with Crippen LogP contribution in [0, 0.1) is 24.2 Å². The molecule has 1 saturated heterocycles. The van der Waals surface area contributed by atoms with Gasteiger partial charge in [0.1, 0.15) is 0 Å². The van der Waals surface area contributed by atoms with Crippen LogP contribution in [-0.4, -0.2) is 19.0 Å². The van der Waals surface area contributed by atoms with E-state index < -0.39 is 11.7 Å². The van der Waals surface area contributed by atoms with E-state index in [2.05, 4.69) is 5.32 Å². The molecular formula is C21H20F3N3O. The zero-order chi connectivity index (χ0) is 20.3. The van der Waals surface area contributed by atoms with E-state index in [1.54, 1.807) is 6.07 Å². The van der Waals surface area contributed by atoms with Crippen LogP contribution in [0.15, 0.2) is 42.5 Å². The number of hydrogen-bond acceptors (Lipinski definition) is 3. The van der Waals surface area contributed by atoms with E-state index in [4.69, 9.17) is 5.26 Å². The summed E-state index contributed by atoms with van der Waals surface area (Å²) in [6.07, 6.45) is -3.47. The standard InChI is InChI=1S/C21H20F3N3O/c1-14-2-5-17(6-3-14)26-20(28)15-8-10-27(11-9-15)18-7-4-16(13-25)19(12-18)21(22,23)24/h2-7,12,15H,8-11H2,1H3,(H,26,28). The normalized spacial score (nSPS) is 15.2. The Morgan fingerprint density at radius 2 is 1.79 bits per heavy atom. The maximum absolute atomic E-state index is 13.2. The molecule has 4 nitrogen and oxygen atoms in total. The molecule has 1 heterocycles. The number of rotatable bonds is 3. The van der Waals surface area contributed by atoms with Gasteiger partial charge in [-0.2, -0.15) is 18.4 Å². The Labute approximate surface area is 161 Å². The fourth-order valence-electron chi connectivity index (χ4n) is 3.34. The average molecular weight is 387 g/mol. The minimum atomic E-state index is -4.58. The van der Waals surface area contributed by atoms with E-state index in [0.29, 0.717) is 31.6 Å². The number of alkyl halides is 3. The molecular weight excluding hydrogens is 367 g/mol. The van der Waals surface area contributed by atoms with E-state index in [-0.39, 0.29) is 17.4 Å². The first-order chi connectivity index (χ1) is 13.3. The van der Waals surface area contributed by atoms with Crippen LogP contribution in [0.2, 0.25) is 0 Å². The van der Waals surface area contributed by atoms with E-state index >= 15 is 0 Å². The second-order valence-electron chi connectivity index (χ2n) is 6.96. The summed E-state index contributed by atoms with van der Waals surface area (Å²) in [7, 11) is 0. The molecule has 1 fully saturated rings. The topological polar surface area (TPSA) is 56.1 Å². The van der Waals surface area contributed by atoms with Crippen LogP contribution in [0.1, 0.15) is 29.5 Å². The molecule has 0 bridgehead atoms. The van der Waals surface area contributed by atoms with Gasteiger partial charge in [-0.15, -0.1) is 0 Å². The third-order valence-electron chi connectivity index (χ3n) is 4.98.